The van der Waals surface area contributed by atoms with Crippen LogP contribution in [0.4, 0.5) is 0 Å². The van der Waals surface area contributed by atoms with Gasteiger partial charge in [0.2, 0.25) is 0 Å². The predicted octanol–water partition coefficient (Wildman–Crippen LogP) is 1.79. The predicted molar refractivity (Wildman–Crippen MR) is 72.3 cm³/mol. The third-order valence-corrected chi connectivity index (χ3v) is 3.84. The number of carbonyl (C=O) groups is 1. The van der Waals surface area contributed by atoms with E-state index < -0.39 is 0 Å². The molecule has 6 nitrogen and oxygen atoms in total. The van der Waals surface area contributed by atoms with Crippen LogP contribution < -0.4 is 0 Å². The summed E-state index contributed by atoms with van der Waals surface area (Å²) in [6.07, 6.45) is 5.72. The van der Waals surface area contributed by atoms with Crippen molar-refractivity contribution in [3.8, 4) is 0 Å². The molecule has 6 heteroatoms. The van der Waals surface area contributed by atoms with Gasteiger partial charge < -0.3 is 9.42 Å². The van der Waals surface area contributed by atoms with Gasteiger partial charge in [0.25, 0.3) is 5.91 Å². The number of aromatic nitrogens is 3. The van der Waals surface area contributed by atoms with Gasteiger partial charge in [0.1, 0.15) is 11.3 Å². The first-order chi connectivity index (χ1) is 9.66. The van der Waals surface area contributed by atoms with Crippen LogP contribution >= 0.6 is 0 Å². The molecule has 0 N–H and O–H groups in total. The first-order valence-electron chi connectivity index (χ1n) is 6.88. The quantitative estimate of drug-likeness (QED) is 0.856. The lowest BCUT2D eigenvalue weighted by molar-refractivity contribution is 0.0719. The number of carbonyl (C=O) groups excluding carboxylic acids is 1. The van der Waals surface area contributed by atoms with E-state index in [9.17, 15) is 4.79 Å². The molecular weight excluding hydrogens is 256 g/mol. The first-order valence-corrected chi connectivity index (χ1v) is 6.88. The number of hydrogen-bond acceptors (Lipinski definition) is 4. The highest BCUT2D eigenvalue weighted by molar-refractivity contribution is 5.96. The van der Waals surface area contributed by atoms with Crippen LogP contribution in [0.2, 0.25) is 0 Å². The van der Waals surface area contributed by atoms with Crippen molar-refractivity contribution in [2.45, 2.75) is 39.3 Å². The molecule has 2 aromatic heterocycles. The first kappa shape index (κ1) is 12.9. The molecule has 1 aliphatic rings. The highest BCUT2D eigenvalue weighted by atomic mass is 16.5. The van der Waals surface area contributed by atoms with Crippen LogP contribution in [0.5, 0.6) is 0 Å². The van der Waals surface area contributed by atoms with Gasteiger partial charge in [0, 0.05) is 18.9 Å². The second-order valence-corrected chi connectivity index (χ2v) is 5.22. The Morgan fingerprint density at radius 2 is 2.35 bits per heavy atom. The van der Waals surface area contributed by atoms with Gasteiger partial charge in [-0.15, -0.1) is 0 Å². The molecule has 1 amide bonds. The minimum Gasteiger partial charge on any atom is -0.361 e. The summed E-state index contributed by atoms with van der Waals surface area (Å²) in [6, 6.07) is 2.09. The number of aryl methyl sites for hydroxylation is 2. The molecule has 0 radical (unpaired) electrons. The van der Waals surface area contributed by atoms with E-state index in [2.05, 4.69) is 10.3 Å². The second-order valence-electron chi connectivity index (χ2n) is 5.22. The van der Waals surface area contributed by atoms with E-state index in [0.717, 1.165) is 25.9 Å². The molecule has 3 heterocycles. The fourth-order valence-electron chi connectivity index (χ4n) is 2.85. The Morgan fingerprint density at radius 1 is 1.50 bits per heavy atom. The summed E-state index contributed by atoms with van der Waals surface area (Å²) in [7, 11) is 0. The molecule has 20 heavy (non-hydrogen) atoms. The normalized spacial score (nSPS) is 18.7. The Morgan fingerprint density at radius 3 is 3.00 bits per heavy atom. The third-order valence-electron chi connectivity index (χ3n) is 3.84. The van der Waals surface area contributed by atoms with Gasteiger partial charge in [-0.25, -0.2) is 0 Å². The van der Waals surface area contributed by atoms with Crippen molar-refractivity contribution < 1.29 is 9.32 Å². The van der Waals surface area contributed by atoms with Crippen molar-refractivity contribution in [2.75, 3.05) is 6.54 Å². The maximum absolute atomic E-state index is 12.7. The van der Waals surface area contributed by atoms with Crippen LogP contribution in [0.25, 0.3) is 0 Å². The van der Waals surface area contributed by atoms with Crippen molar-refractivity contribution in [3.05, 3.63) is 35.5 Å². The summed E-state index contributed by atoms with van der Waals surface area (Å²) in [5.41, 5.74) is 1.27. The zero-order chi connectivity index (χ0) is 14.1. The number of likely N-dealkylation sites (tertiary alicyclic amines) is 1. The van der Waals surface area contributed by atoms with Gasteiger partial charge in [-0.3, -0.25) is 9.48 Å². The largest absolute Gasteiger partial charge is 0.361 e. The molecule has 0 spiro atoms. The summed E-state index contributed by atoms with van der Waals surface area (Å²) < 4.78 is 6.98. The standard InChI is InChI=1S/C14H18N4O2/c1-10-13(11(2)20-16-10)14(19)18-8-3-5-12(18)9-17-7-4-6-15-17/h4,6-7,12H,3,5,8-9H2,1-2H3. The van der Waals surface area contributed by atoms with Crippen LogP contribution in [-0.4, -0.2) is 38.3 Å². The monoisotopic (exact) mass is 274 g/mol. The van der Waals surface area contributed by atoms with Crippen LogP contribution in [0.1, 0.15) is 34.7 Å². The van der Waals surface area contributed by atoms with Crippen LogP contribution in [0.15, 0.2) is 23.0 Å². The molecule has 0 aromatic carbocycles. The molecule has 1 aliphatic heterocycles. The minimum atomic E-state index is 0.0240. The van der Waals surface area contributed by atoms with Gasteiger partial charge in [0.05, 0.1) is 18.3 Å². The Labute approximate surface area is 117 Å². The van der Waals surface area contributed by atoms with Crippen LogP contribution in [-0.2, 0) is 6.54 Å². The molecule has 1 atom stereocenters. The van der Waals surface area contributed by atoms with E-state index in [0.29, 0.717) is 17.0 Å². The lowest BCUT2D eigenvalue weighted by atomic mass is 10.1. The maximum atomic E-state index is 12.7. The number of nitrogens with zero attached hydrogens (tertiary/aromatic N) is 4. The van der Waals surface area contributed by atoms with Crippen molar-refractivity contribution in [1.29, 1.82) is 0 Å². The molecule has 0 bridgehead atoms. The molecule has 106 valence electrons. The van der Waals surface area contributed by atoms with E-state index in [1.54, 1.807) is 13.1 Å². The fourth-order valence-corrected chi connectivity index (χ4v) is 2.85. The molecule has 3 rings (SSSR count). The SMILES string of the molecule is Cc1noc(C)c1C(=O)N1CCCC1Cn1cccn1. The Balaban J connectivity index is 1.80. The summed E-state index contributed by atoms with van der Waals surface area (Å²) in [4.78, 5) is 14.6. The van der Waals surface area contributed by atoms with Gasteiger partial charge in [-0.1, -0.05) is 5.16 Å². The van der Waals surface area contributed by atoms with E-state index in [1.807, 2.05) is 28.8 Å². The molecule has 2 aromatic rings. The van der Waals surface area contributed by atoms with E-state index in [4.69, 9.17) is 4.52 Å². The van der Waals surface area contributed by atoms with Crippen molar-refractivity contribution in [1.82, 2.24) is 19.8 Å². The summed E-state index contributed by atoms with van der Waals surface area (Å²) in [5, 5.41) is 8.09. The van der Waals surface area contributed by atoms with E-state index in [-0.39, 0.29) is 11.9 Å². The minimum absolute atomic E-state index is 0.0240. The van der Waals surface area contributed by atoms with Gasteiger partial charge >= 0.3 is 0 Å². The summed E-state index contributed by atoms with van der Waals surface area (Å²) >= 11 is 0. The second kappa shape index (κ2) is 5.11. The van der Waals surface area contributed by atoms with E-state index >= 15 is 0 Å². The van der Waals surface area contributed by atoms with Gasteiger partial charge in [-0.2, -0.15) is 5.10 Å². The molecule has 1 fully saturated rings. The van der Waals surface area contributed by atoms with Crippen molar-refractivity contribution in [3.63, 3.8) is 0 Å². The topological polar surface area (TPSA) is 64.2 Å². The summed E-state index contributed by atoms with van der Waals surface area (Å²) in [5.74, 6) is 0.619. The fraction of sp³-hybridized carbons (Fsp3) is 0.500. The summed E-state index contributed by atoms with van der Waals surface area (Å²) in [6.45, 7) is 5.12. The van der Waals surface area contributed by atoms with Crippen molar-refractivity contribution in [2.24, 2.45) is 0 Å². The average molecular weight is 274 g/mol. The van der Waals surface area contributed by atoms with Gasteiger partial charge in [-0.05, 0) is 32.8 Å². The zero-order valence-corrected chi connectivity index (χ0v) is 11.7. The average Bonchev–Trinajstić information content (AvgIpc) is 3.13. The van der Waals surface area contributed by atoms with E-state index in [1.165, 1.54) is 0 Å². The number of amides is 1. The van der Waals surface area contributed by atoms with Crippen LogP contribution in [0, 0.1) is 13.8 Å². The Kier molecular flexibility index (Phi) is 3.30. The zero-order valence-electron chi connectivity index (χ0n) is 11.7. The Hall–Kier alpha value is -2.11. The third kappa shape index (κ3) is 2.21. The number of hydrogen-bond donors (Lipinski definition) is 0. The maximum Gasteiger partial charge on any atom is 0.259 e. The molecule has 1 unspecified atom stereocenters. The van der Waals surface area contributed by atoms with Crippen LogP contribution in [0.3, 0.4) is 0 Å². The number of rotatable bonds is 3. The highest BCUT2D eigenvalue weighted by Crippen LogP contribution is 2.24. The molecule has 0 saturated carbocycles. The Bertz CT molecular complexity index is 583. The molecule has 0 aliphatic carbocycles. The highest BCUT2D eigenvalue weighted by Gasteiger charge is 2.32. The van der Waals surface area contributed by atoms with Crippen molar-refractivity contribution >= 4 is 5.91 Å². The molecule has 1 saturated heterocycles. The molecular formula is C14H18N4O2. The van der Waals surface area contributed by atoms with Gasteiger partial charge in [0.15, 0.2) is 0 Å². The smallest absolute Gasteiger partial charge is 0.259 e. The lowest BCUT2D eigenvalue weighted by Gasteiger charge is -2.24. The lowest BCUT2D eigenvalue weighted by Crippen LogP contribution is -2.38.